The van der Waals surface area contributed by atoms with Gasteiger partial charge in [0.2, 0.25) is 0 Å². The number of carbonyl (C=O) groups excluding carboxylic acids is 1. The van der Waals surface area contributed by atoms with E-state index in [1.54, 1.807) is 11.3 Å². The molecule has 2 aliphatic rings. The molecule has 1 aromatic heterocycles. The summed E-state index contributed by atoms with van der Waals surface area (Å²) in [5.74, 6) is 0.914. The summed E-state index contributed by atoms with van der Waals surface area (Å²) in [4.78, 5) is 15.1. The first-order valence-corrected chi connectivity index (χ1v) is 10.1. The fourth-order valence-electron chi connectivity index (χ4n) is 4.19. The van der Waals surface area contributed by atoms with Crippen LogP contribution in [0.5, 0.6) is 0 Å². The van der Waals surface area contributed by atoms with Crippen molar-refractivity contribution in [2.24, 2.45) is 5.92 Å². The second-order valence-electron chi connectivity index (χ2n) is 7.19. The lowest BCUT2D eigenvalue weighted by molar-refractivity contribution is 0.0937. The molecule has 1 N–H and O–H groups in total. The van der Waals surface area contributed by atoms with Crippen LogP contribution < -0.4 is 5.32 Å². The Morgan fingerprint density at radius 1 is 1.21 bits per heavy atom. The maximum Gasteiger partial charge on any atom is 0.261 e. The molecular weight excluding hydrogens is 314 g/mol. The van der Waals surface area contributed by atoms with Gasteiger partial charge in [-0.15, -0.1) is 11.3 Å². The summed E-state index contributed by atoms with van der Waals surface area (Å²) in [6.07, 6.45) is 8.16. The highest BCUT2D eigenvalue weighted by Gasteiger charge is 2.25. The van der Waals surface area contributed by atoms with Gasteiger partial charge in [-0.2, -0.15) is 0 Å². The highest BCUT2D eigenvalue weighted by atomic mass is 32.1. The minimum Gasteiger partial charge on any atom is -0.345 e. The average molecular weight is 340 g/mol. The van der Waals surface area contributed by atoms with Crippen molar-refractivity contribution in [2.45, 2.75) is 57.9 Å². The molecule has 0 fully saturated rings. The molecule has 24 heavy (non-hydrogen) atoms. The first-order valence-electron chi connectivity index (χ1n) is 9.25. The minimum atomic E-state index is 0.115. The monoisotopic (exact) mass is 339 g/mol. The summed E-state index contributed by atoms with van der Waals surface area (Å²) in [6, 6.07) is 10.9. The summed E-state index contributed by atoms with van der Waals surface area (Å²) in [6.45, 7) is 2.27. The molecule has 0 radical (unpaired) electrons. The highest BCUT2D eigenvalue weighted by Crippen LogP contribution is 2.34. The number of fused-ring (bicyclic) bond motifs is 2. The summed E-state index contributed by atoms with van der Waals surface area (Å²) < 4.78 is 0. The second-order valence-corrected chi connectivity index (χ2v) is 8.33. The number of benzene rings is 1. The van der Waals surface area contributed by atoms with Gasteiger partial charge < -0.3 is 5.32 Å². The van der Waals surface area contributed by atoms with Crippen LogP contribution >= 0.6 is 11.3 Å². The Labute approximate surface area is 148 Å². The maximum atomic E-state index is 12.8. The molecule has 126 valence electrons. The maximum absolute atomic E-state index is 12.8. The van der Waals surface area contributed by atoms with Crippen molar-refractivity contribution in [2.75, 3.05) is 0 Å². The van der Waals surface area contributed by atoms with Crippen molar-refractivity contribution < 1.29 is 4.79 Å². The minimum absolute atomic E-state index is 0.115. The number of amides is 1. The smallest absolute Gasteiger partial charge is 0.261 e. The van der Waals surface area contributed by atoms with E-state index in [1.165, 1.54) is 34.4 Å². The molecule has 0 spiro atoms. The van der Waals surface area contributed by atoms with Gasteiger partial charge in [0.15, 0.2) is 0 Å². The lowest BCUT2D eigenvalue weighted by Gasteiger charge is -2.26. The van der Waals surface area contributed by atoms with E-state index in [2.05, 4.69) is 42.6 Å². The molecule has 0 saturated heterocycles. The van der Waals surface area contributed by atoms with Gasteiger partial charge >= 0.3 is 0 Å². The van der Waals surface area contributed by atoms with E-state index >= 15 is 0 Å². The highest BCUT2D eigenvalue weighted by molar-refractivity contribution is 7.14. The Balaban J connectivity index is 1.51. The number of rotatable bonds is 3. The molecule has 3 heteroatoms. The van der Waals surface area contributed by atoms with E-state index < -0.39 is 0 Å². The lowest BCUT2D eigenvalue weighted by Crippen LogP contribution is -2.30. The van der Waals surface area contributed by atoms with Crippen LogP contribution in [0, 0.1) is 5.92 Å². The van der Waals surface area contributed by atoms with Crippen LogP contribution in [0.1, 0.15) is 69.9 Å². The molecular formula is C21H25NOS. The van der Waals surface area contributed by atoms with Gasteiger partial charge in [0.25, 0.3) is 5.91 Å². The normalized spacial score (nSPS) is 22.5. The Kier molecular flexibility index (Phi) is 4.45. The van der Waals surface area contributed by atoms with Crippen molar-refractivity contribution >= 4 is 17.2 Å². The predicted octanol–water partition coefficient (Wildman–Crippen LogP) is 5.07. The van der Waals surface area contributed by atoms with E-state index in [-0.39, 0.29) is 11.9 Å². The quantitative estimate of drug-likeness (QED) is 0.831. The third-order valence-corrected chi connectivity index (χ3v) is 6.90. The summed E-state index contributed by atoms with van der Waals surface area (Å²) in [7, 11) is 0. The van der Waals surface area contributed by atoms with Crippen molar-refractivity contribution in [3.05, 3.63) is 56.8 Å². The summed E-state index contributed by atoms with van der Waals surface area (Å²) in [5, 5.41) is 3.30. The first kappa shape index (κ1) is 15.9. The van der Waals surface area contributed by atoms with E-state index in [4.69, 9.17) is 0 Å². The third-order valence-electron chi connectivity index (χ3n) is 5.66. The fraction of sp³-hybridized carbons (Fsp3) is 0.476. The van der Waals surface area contributed by atoms with Crippen molar-refractivity contribution in [1.29, 1.82) is 0 Å². The van der Waals surface area contributed by atoms with Crippen LogP contribution in [0.3, 0.4) is 0 Å². The number of thiophene rings is 1. The number of carbonyl (C=O) groups is 1. The molecule has 4 rings (SSSR count). The number of aryl methyl sites for hydroxylation is 2. The SMILES string of the molecule is CC[C@@H]1CCc2sc(C(=O)N[C@@H]3CCCc4ccccc43)cc2C1. The van der Waals surface area contributed by atoms with E-state index in [1.807, 2.05) is 0 Å². The zero-order chi connectivity index (χ0) is 16.5. The van der Waals surface area contributed by atoms with Crippen molar-refractivity contribution in [3.8, 4) is 0 Å². The zero-order valence-electron chi connectivity index (χ0n) is 14.3. The number of hydrogen-bond acceptors (Lipinski definition) is 2. The van der Waals surface area contributed by atoms with Gasteiger partial charge in [-0.1, -0.05) is 37.6 Å². The largest absolute Gasteiger partial charge is 0.345 e. The van der Waals surface area contributed by atoms with Gasteiger partial charge in [-0.25, -0.2) is 0 Å². The van der Waals surface area contributed by atoms with Crippen LogP contribution in [-0.2, 0) is 19.3 Å². The first-order chi connectivity index (χ1) is 11.7. The van der Waals surface area contributed by atoms with Crippen LogP contribution in [0.25, 0.3) is 0 Å². The molecule has 2 atom stereocenters. The van der Waals surface area contributed by atoms with E-state index in [0.717, 1.165) is 42.9 Å². The van der Waals surface area contributed by atoms with Gasteiger partial charge in [0.05, 0.1) is 10.9 Å². The van der Waals surface area contributed by atoms with Crippen molar-refractivity contribution in [1.82, 2.24) is 5.32 Å². The molecule has 2 aromatic rings. The molecule has 0 saturated carbocycles. The molecule has 1 heterocycles. The lowest BCUT2D eigenvalue weighted by atomic mass is 9.86. The van der Waals surface area contributed by atoms with E-state index in [9.17, 15) is 4.79 Å². The fourth-order valence-corrected chi connectivity index (χ4v) is 5.30. The summed E-state index contributed by atoms with van der Waals surface area (Å²) in [5.41, 5.74) is 4.13. The van der Waals surface area contributed by atoms with Crippen LogP contribution in [0.15, 0.2) is 30.3 Å². The van der Waals surface area contributed by atoms with Crippen molar-refractivity contribution in [3.63, 3.8) is 0 Å². The summed E-state index contributed by atoms with van der Waals surface area (Å²) >= 11 is 1.71. The number of hydrogen-bond donors (Lipinski definition) is 1. The topological polar surface area (TPSA) is 29.1 Å². The third kappa shape index (κ3) is 3.02. The molecule has 0 aliphatic heterocycles. The van der Waals surface area contributed by atoms with Crippen LogP contribution in [0.2, 0.25) is 0 Å². The van der Waals surface area contributed by atoms with Gasteiger partial charge in [0, 0.05) is 4.88 Å². The molecule has 1 aromatic carbocycles. The number of nitrogens with one attached hydrogen (secondary N) is 1. The van der Waals surface area contributed by atoms with Crippen LogP contribution in [-0.4, -0.2) is 5.91 Å². The van der Waals surface area contributed by atoms with Gasteiger partial charge in [-0.05, 0) is 67.2 Å². The van der Waals surface area contributed by atoms with Gasteiger partial charge in [-0.3, -0.25) is 4.79 Å². The van der Waals surface area contributed by atoms with Crippen LogP contribution in [0.4, 0.5) is 0 Å². The standard InChI is InChI=1S/C21H25NOS/c1-2-14-10-11-19-16(12-14)13-20(24-19)21(23)22-18-9-5-7-15-6-3-4-8-17(15)18/h3-4,6,8,13-14,18H,2,5,7,9-12H2,1H3,(H,22,23)/t14-,18-/m1/s1. The molecule has 0 bridgehead atoms. The predicted molar refractivity (Wildman–Crippen MR) is 99.7 cm³/mol. The zero-order valence-corrected chi connectivity index (χ0v) is 15.1. The Morgan fingerprint density at radius 3 is 2.96 bits per heavy atom. The Bertz CT molecular complexity index is 748. The molecule has 2 nitrogen and oxygen atoms in total. The molecule has 2 aliphatic carbocycles. The van der Waals surface area contributed by atoms with Gasteiger partial charge in [0.1, 0.15) is 0 Å². The Morgan fingerprint density at radius 2 is 2.08 bits per heavy atom. The average Bonchev–Trinajstić information content (AvgIpc) is 3.05. The van der Waals surface area contributed by atoms with E-state index in [0.29, 0.717) is 0 Å². The molecule has 0 unspecified atom stereocenters. The Hall–Kier alpha value is -1.61. The molecule has 1 amide bonds. The second kappa shape index (κ2) is 6.72.